The summed E-state index contributed by atoms with van der Waals surface area (Å²) >= 11 is 0. The predicted molar refractivity (Wildman–Crippen MR) is 117 cm³/mol. The van der Waals surface area contributed by atoms with Crippen LogP contribution < -0.4 is 0 Å². The second-order valence-electron chi connectivity index (χ2n) is 9.85. The SMILES string of the molecule is C=C1C(=O)O[C@@H]2C1[C@H](OC(=O)C(C)CC)C(=O)C(C)C[C@H](O)C[C@@](C)(O)C2OC(=O)C(C)C. The van der Waals surface area contributed by atoms with Gasteiger partial charge in [-0.25, -0.2) is 4.79 Å². The Morgan fingerprint density at radius 1 is 1.21 bits per heavy atom. The Bertz CT molecular complexity index is 800. The van der Waals surface area contributed by atoms with Crippen molar-refractivity contribution in [2.45, 2.75) is 90.8 Å². The van der Waals surface area contributed by atoms with E-state index in [1.54, 1.807) is 34.6 Å². The number of aliphatic hydroxyl groups excluding tert-OH is 1. The lowest BCUT2D eigenvalue weighted by atomic mass is 9.75. The lowest BCUT2D eigenvalue weighted by molar-refractivity contribution is -0.199. The Morgan fingerprint density at radius 3 is 2.36 bits per heavy atom. The number of ketones is 1. The predicted octanol–water partition coefficient (Wildman–Crippen LogP) is 1.72. The molecule has 4 unspecified atom stereocenters. The molecule has 9 nitrogen and oxygen atoms in total. The summed E-state index contributed by atoms with van der Waals surface area (Å²) in [5, 5.41) is 21.8. The average molecular weight is 469 g/mol. The number of aliphatic hydroxyl groups is 2. The fourth-order valence-electron chi connectivity index (χ4n) is 4.22. The Balaban J connectivity index is 2.62. The van der Waals surface area contributed by atoms with E-state index in [0.717, 1.165) is 0 Å². The molecular weight excluding hydrogens is 432 g/mol. The number of rotatable bonds is 5. The maximum atomic E-state index is 13.4. The van der Waals surface area contributed by atoms with Gasteiger partial charge in [-0.2, -0.15) is 0 Å². The van der Waals surface area contributed by atoms with Crippen molar-refractivity contribution in [3.63, 3.8) is 0 Å². The van der Waals surface area contributed by atoms with Crippen LogP contribution in [-0.4, -0.2) is 63.9 Å². The third-order valence-corrected chi connectivity index (χ3v) is 6.51. The second kappa shape index (κ2) is 10.3. The van der Waals surface area contributed by atoms with Gasteiger partial charge in [0.25, 0.3) is 0 Å². The van der Waals surface area contributed by atoms with Crippen molar-refractivity contribution < 1.29 is 43.6 Å². The molecule has 1 aliphatic carbocycles. The molecule has 0 bridgehead atoms. The second-order valence-corrected chi connectivity index (χ2v) is 9.85. The Morgan fingerprint density at radius 2 is 1.82 bits per heavy atom. The summed E-state index contributed by atoms with van der Waals surface area (Å²) in [5.41, 5.74) is -1.92. The van der Waals surface area contributed by atoms with Crippen molar-refractivity contribution in [2.24, 2.45) is 23.7 Å². The van der Waals surface area contributed by atoms with Crippen LogP contribution in [-0.2, 0) is 33.4 Å². The number of hydrogen-bond donors (Lipinski definition) is 2. The molecule has 0 aromatic heterocycles. The lowest BCUT2D eigenvalue weighted by Crippen LogP contribution is -2.57. The molecule has 2 aliphatic rings. The van der Waals surface area contributed by atoms with Crippen molar-refractivity contribution >= 4 is 23.7 Å². The molecule has 186 valence electrons. The van der Waals surface area contributed by atoms with Gasteiger partial charge in [-0.05, 0) is 19.8 Å². The first-order chi connectivity index (χ1) is 15.2. The molecule has 0 amide bonds. The van der Waals surface area contributed by atoms with Gasteiger partial charge in [0.05, 0.1) is 23.9 Å². The Hall–Kier alpha value is -2.26. The molecule has 0 radical (unpaired) electrons. The Kier molecular flexibility index (Phi) is 8.46. The highest BCUT2D eigenvalue weighted by atomic mass is 16.6. The summed E-state index contributed by atoms with van der Waals surface area (Å²) in [5.74, 6) is -5.60. The molecule has 2 fully saturated rings. The van der Waals surface area contributed by atoms with Crippen LogP contribution in [0.2, 0.25) is 0 Å². The molecule has 9 heteroatoms. The largest absolute Gasteiger partial charge is 0.455 e. The molecule has 2 N–H and O–H groups in total. The van der Waals surface area contributed by atoms with E-state index in [2.05, 4.69) is 6.58 Å². The minimum atomic E-state index is -1.82. The maximum absolute atomic E-state index is 13.4. The summed E-state index contributed by atoms with van der Waals surface area (Å²) in [7, 11) is 0. The van der Waals surface area contributed by atoms with Crippen molar-refractivity contribution in [3.05, 3.63) is 12.2 Å². The number of fused-ring (bicyclic) bond motifs is 1. The van der Waals surface area contributed by atoms with E-state index >= 15 is 0 Å². The number of hydrogen-bond acceptors (Lipinski definition) is 9. The molecule has 1 aliphatic heterocycles. The van der Waals surface area contributed by atoms with Crippen LogP contribution in [0, 0.1) is 23.7 Å². The Labute approximate surface area is 194 Å². The minimum Gasteiger partial charge on any atom is -0.455 e. The molecule has 1 saturated heterocycles. The number of carbonyl (C=O) groups excluding carboxylic acids is 4. The summed E-state index contributed by atoms with van der Waals surface area (Å²) < 4.78 is 16.6. The normalized spacial score (nSPS) is 36.1. The van der Waals surface area contributed by atoms with Crippen molar-refractivity contribution in [3.8, 4) is 0 Å². The number of ether oxygens (including phenoxy) is 3. The summed E-state index contributed by atoms with van der Waals surface area (Å²) in [6.07, 6.45) is -5.11. The minimum absolute atomic E-state index is 0.0180. The smallest absolute Gasteiger partial charge is 0.334 e. The van der Waals surface area contributed by atoms with Crippen molar-refractivity contribution in [1.29, 1.82) is 0 Å². The van der Waals surface area contributed by atoms with E-state index in [0.29, 0.717) is 6.42 Å². The van der Waals surface area contributed by atoms with Gasteiger partial charge >= 0.3 is 17.9 Å². The van der Waals surface area contributed by atoms with Crippen molar-refractivity contribution in [1.82, 2.24) is 0 Å². The van der Waals surface area contributed by atoms with E-state index in [1.807, 2.05) is 0 Å². The molecule has 1 saturated carbocycles. The van der Waals surface area contributed by atoms with E-state index in [1.165, 1.54) is 6.92 Å². The quantitative estimate of drug-likeness (QED) is 0.351. The molecule has 0 aromatic carbocycles. The molecule has 8 atom stereocenters. The molecular formula is C24H36O9. The van der Waals surface area contributed by atoms with E-state index in [-0.39, 0.29) is 18.4 Å². The molecule has 0 spiro atoms. The van der Waals surface area contributed by atoms with Gasteiger partial charge in [-0.3, -0.25) is 14.4 Å². The number of esters is 3. The van der Waals surface area contributed by atoms with Crippen LogP contribution >= 0.6 is 0 Å². The lowest BCUT2D eigenvalue weighted by Gasteiger charge is -2.41. The zero-order valence-corrected chi connectivity index (χ0v) is 20.2. The first-order valence-electron chi connectivity index (χ1n) is 11.5. The van der Waals surface area contributed by atoms with Gasteiger partial charge in [0.15, 0.2) is 24.1 Å². The molecule has 0 aromatic rings. The summed E-state index contributed by atoms with van der Waals surface area (Å²) in [6, 6.07) is 0. The van der Waals surface area contributed by atoms with Gasteiger partial charge in [-0.15, -0.1) is 0 Å². The van der Waals surface area contributed by atoms with Crippen LogP contribution in [0.25, 0.3) is 0 Å². The highest BCUT2D eigenvalue weighted by Gasteiger charge is 2.57. The fourth-order valence-corrected chi connectivity index (χ4v) is 4.22. The highest BCUT2D eigenvalue weighted by molar-refractivity contribution is 5.95. The first-order valence-corrected chi connectivity index (χ1v) is 11.5. The molecule has 1 heterocycles. The third-order valence-electron chi connectivity index (χ3n) is 6.51. The molecule has 2 rings (SSSR count). The zero-order valence-electron chi connectivity index (χ0n) is 20.2. The summed E-state index contributed by atoms with van der Waals surface area (Å²) in [4.78, 5) is 51.1. The zero-order chi connectivity index (χ0) is 25.2. The summed E-state index contributed by atoms with van der Waals surface area (Å²) in [6.45, 7) is 13.4. The van der Waals surface area contributed by atoms with Gasteiger partial charge in [-0.1, -0.05) is 41.2 Å². The van der Waals surface area contributed by atoms with E-state index in [4.69, 9.17) is 14.2 Å². The van der Waals surface area contributed by atoms with Gasteiger partial charge in [0.2, 0.25) is 0 Å². The van der Waals surface area contributed by atoms with Crippen LogP contribution in [0.15, 0.2) is 12.2 Å². The fraction of sp³-hybridized carbons (Fsp3) is 0.750. The first kappa shape index (κ1) is 27.0. The average Bonchev–Trinajstić information content (AvgIpc) is 3.00. The number of Topliss-reactive ketones (excluding diaryl/α,β-unsaturated/α-hetero) is 1. The molecule has 33 heavy (non-hydrogen) atoms. The van der Waals surface area contributed by atoms with Crippen LogP contribution in [0.3, 0.4) is 0 Å². The van der Waals surface area contributed by atoms with Gasteiger partial charge in [0, 0.05) is 17.9 Å². The van der Waals surface area contributed by atoms with Gasteiger partial charge in [0.1, 0.15) is 5.60 Å². The topological polar surface area (TPSA) is 136 Å². The number of carbonyl (C=O) groups is 4. The van der Waals surface area contributed by atoms with Crippen molar-refractivity contribution in [2.75, 3.05) is 0 Å². The monoisotopic (exact) mass is 468 g/mol. The van der Waals surface area contributed by atoms with Crippen LogP contribution in [0.4, 0.5) is 0 Å². The highest BCUT2D eigenvalue weighted by Crippen LogP contribution is 2.41. The van der Waals surface area contributed by atoms with E-state index in [9.17, 15) is 29.4 Å². The van der Waals surface area contributed by atoms with Crippen LogP contribution in [0.5, 0.6) is 0 Å². The van der Waals surface area contributed by atoms with E-state index < -0.39 is 77.4 Å². The van der Waals surface area contributed by atoms with Crippen LogP contribution in [0.1, 0.15) is 60.8 Å². The standard InChI is InChI=1S/C24H36O9/c1-8-12(4)22(28)31-18-16-14(6)23(29)32-19(16)20(33-21(27)11(2)3)24(7,30)10-15(25)9-13(5)17(18)26/h11-13,15-16,18-20,25,30H,6,8-10H2,1-5,7H3/t12?,13?,15-,16?,18-,19+,20?,24+/m0/s1. The van der Waals surface area contributed by atoms with Gasteiger partial charge < -0.3 is 24.4 Å². The maximum Gasteiger partial charge on any atom is 0.334 e. The third kappa shape index (κ3) is 5.81.